The molecule has 0 fully saturated rings. The number of hydrogen-bond donors (Lipinski definition) is 4. The molecule has 0 unspecified atom stereocenters. The minimum atomic E-state index is -4.72. The Morgan fingerprint density at radius 1 is 0.952 bits per heavy atom. The number of tetrazole rings is 1. The number of aliphatic hydroxyl groups excluding tert-OH is 2. The van der Waals surface area contributed by atoms with Crippen LogP contribution in [0, 0.1) is 6.92 Å². The van der Waals surface area contributed by atoms with Crippen molar-refractivity contribution >= 4 is 41.8 Å². The topological polar surface area (TPSA) is 206 Å². The Balaban J connectivity index is 1.82. The molecule has 220 valence electrons. The zero-order chi connectivity index (χ0) is 30.4. The number of aliphatic hydroxyl groups is 2. The van der Waals surface area contributed by atoms with Crippen molar-refractivity contribution < 1.29 is 45.7 Å². The zero-order valence-corrected chi connectivity index (χ0v) is 24.5. The van der Waals surface area contributed by atoms with E-state index in [1.165, 1.54) is 18.2 Å². The fourth-order valence-corrected chi connectivity index (χ4v) is 6.40. The van der Waals surface area contributed by atoms with Crippen LogP contribution in [0.25, 0.3) is 32.4 Å². The second kappa shape index (κ2) is 11.1. The summed E-state index contributed by atoms with van der Waals surface area (Å²) in [6.07, 6.45) is 0. The van der Waals surface area contributed by atoms with Gasteiger partial charge in [-0.3, -0.25) is 9.11 Å². The van der Waals surface area contributed by atoms with E-state index in [0.29, 0.717) is 33.7 Å². The summed E-state index contributed by atoms with van der Waals surface area (Å²) >= 11 is 1.13. The minimum absolute atomic E-state index is 0.0165. The van der Waals surface area contributed by atoms with Crippen LogP contribution in [0.3, 0.4) is 0 Å². The molecule has 0 saturated carbocycles. The molecule has 14 nitrogen and oxygen atoms in total. The molecule has 0 radical (unpaired) electrons. The highest BCUT2D eigenvalue weighted by Crippen LogP contribution is 2.31. The summed E-state index contributed by atoms with van der Waals surface area (Å²) in [6.45, 7) is 2.93. The van der Waals surface area contributed by atoms with E-state index in [-0.39, 0.29) is 34.4 Å². The summed E-state index contributed by atoms with van der Waals surface area (Å²) in [7, 11) is -9.38. The van der Waals surface area contributed by atoms with Crippen molar-refractivity contribution in [1.82, 2.24) is 20.0 Å². The van der Waals surface area contributed by atoms with Crippen LogP contribution < -0.4 is 9.53 Å². The van der Waals surface area contributed by atoms with Gasteiger partial charge in [-0.25, -0.2) is 0 Å². The number of benzene rings is 3. The van der Waals surface area contributed by atoms with Crippen molar-refractivity contribution in [2.45, 2.75) is 36.9 Å². The monoisotopic (exact) mass is 634 g/mol. The van der Waals surface area contributed by atoms with Crippen LogP contribution in [0.2, 0.25) is 0 Å². The third kappa shape index (κ3) is 5.62. The zero-order valence-electron chi connectivity index (χ0n) is 22.0. The van der Waals surface area contributed by atoms with Crippen LogP contribution >= 0.6 is 11.3 Å². The predicted octanol–water partition coefficient (Wildman–Crippen LogP) is 2.01. The lowest BCUT2D eigenvalue weighted by Gasteiger charge is -2.07. The van der Waals surface area contributed by atoms with Crippen molar-refractivity contribution in [2.24, 2.45) is 0 Å². The lowest BCUT2D eigenvalue weighted by molar-refractivity contribution is -0.734. The van der Waals surface area contributed by atoms with Crippen molar-refractivity contribution in [1.29, 1.82) is 0 Å². The van der Waals surface area contributed by atoms with Crippen molar-refractivity contribution in [2.75, 3.05) is 6.61 Å². The molecule has 2 heterocycles. The molecule has 42 heavy (non-hydrogen) atoms. The van der Waals surface area contributed by atoms with Crippen molar-refractivity contribution in [3.8, 4) is 28.0 Å². The van der Waals surface area contributed by atoms with Crippen LogP contribution in [0.15, 0.2) is 58.3 Å². The van der Waals surface area contributed by atoms with Gasteiger partial charge in [0.25, 0.3) is 26.1 Å². The molecule has 0 aliphatic rings. The standard InChI is InChI=1S/C25H23N5O9S3/c1-3-39-21-11-22-19(9-16(21)13-32)26-25(40-22)30-28-24(18-7-4-14(2)8-23(18)42(36,37)38)27-29(30)20-10-17(41(33,34)35)6-5-15(20)12-31/h4-11,31-32H,3,12-13H2,1-2H3,(H-,33,34,35,36,37,38)/p+1. The number of aromatic nitrogens is 5. The quantitative estimate of drug-likeness (QED) is 0.136. The largest absolute Gasteiger partial charge is 0.493 e. The van der Waals surface area contributed by atoms with Crippen LogP contribution in [0.5, 0.6) is 5.75 Å². The number of aryl methyl sites for hydroxylation is 1. The SMILES string of the molecule is CCOc1cc2sc(-[n+]3nc(-c4ccc(C)cc4S(=O)(=O)O)nn3-c3cc(S(=O)(=O)O)ccc3CO)nc2cc1CO. The van der Waals surface area contributed by atoms with Gasteiger partial charge in [0.15, 0.2) is 5.52 Å². The molecule has 0 spiro atoms. The second-order valence-corrected chi connectivity index (χ2v) is 12.8. The van der Waals surface area contributed by atoms with Crippen LogP contribution in [0.1, 0.15) is 23.6 Å². The Morgan fingerprint density at radius 3 is 2.33 bits per heavy atom. The number of rotatable bonds is 9. The highest BCUT2D eigenvalue weighted by Gasteiger charge is 2.30. The third-order valence-corrected chi connectivity index (χ3v) is 8.88. The highest BCUT2D eigenvalue weighted by molar-refractivity contribution is 7.86. The molecule has 5 aromatic rings. The van der Waals surface area contributed by atoms with Crippen molar-refractivity contribution in [3.63, 3.8) is 0 Å². The molecular formula is C25H24N5O9S3+. The Kier molecular flexibility index (Phi) is 7.84. The first-order valence-corrected chi connectivity index (χ1v) is 15.9. The summed E-state index contributed by atoms with van der Waals surface area (Å²) in [4.78, 5) is 5.89. The Bertz CT molecular complexity index is 2060. The molecular weight excluding hydrogens is 611 g/mol. The predicted molar refractivity (Wildman–Crippen MR) is 149 cm³/mol. The van der Waals surface area contributed by atoms with Gasteiger partial charge in [0.2, 0.25) is 0 Å². The molecule has 0 saturated heterocycles. The maximum atomic E-state index is 12.2. The Labute approximate surface area is 243 Å². The van der Waals surface area contributed by atoms with E-state index < -0.39 is 36.6 Å². The van der Waals surface area contributed by atoms with Gasteiger partial charge < -0.3 is 14.9 Å². The molecule has 0 amide bonds. The van der Waals surface area contributed by atoms with Crippen LogP contribution in [-0.4, -0.2) is 62.7 Å². The van der Waals surface area contributed by atoms with Crippen LogP contribution in [0.4, 0.5) is 0 Å². The number of thiazole rings is 1. The summed E-state index contributed by atoms with van der Waals surface area (Å²) in [5.41, 5.74) is 1.61. The molecule has 17 heteroatoms. The fourth-order valence-electron chi connectivity index (χ4n) is 4.21. The van der Waals surface area contributed by atoms with Crippen LogP contribution in [-0.2, 0) is 33.5 Å². The molecule has 5 rings (SSSR count). The molecule has 0 atom stereocenters. The molecule has 3 aromatic carbocycles. The first-order chi connectivity index (χ1) is 19.8. The summed E-state index contributed by atoms with van der Waals surface area (Å²) < 4.78 is 74.3. The number of ether oxygens (including phenoxy) is 1. The molecule has 0 aliphatic heterocycles. The fraction of sp³-hybridized carbons (Fsp3) is 0.200. The van der Waals surface area contributed by atoms with Gasteiger partial charge >= 0.3 is 5.13 Å². The number of hydrogen-bond acceptors (Lipinski definition) is 11. The van der Waals surface area contributed by atoms with Gasteiger partial charge in [0.1, 0.15) is 16.3 Å². The van der Waals surface area contributed by atoms with Gasteiger partial charge in [-0.1, -0.05) is 28.5 Å². The number of fused-ring (bicyclic) bond motifs is 1. The van der Waals surface area contributed by atoms with E-state index in [1.54, 1.807) is 32.0 Å². The molecule has 4 N–H and O–H groups in total. The van der Waals surface area contributed by atoms with Gasteiger partial charge in [0, 0.05) is 22.3 Å². The van der Waals surface area contributed by atoms with Gasteiger partial charge in [-0.2, -0.15) is 16.8 Å². The van der Waals surface area contributed by atoms with Gasteiger partial charge in [-0.15, -0.1) is 0 Å². The second-order valence-electron chi connectivity index (χ2n) is 9.02. The van der Waals surface area contributed by atoms with E-state index >= 15 is 0 Å². The maximum Gasteiger partial charge on any atom is 0.365 e. The summed E-state index contributed by atoms with van der Waals surface area (Å²) in [6, 6.07) is 11.0. The van der Waals surface area contributed by atoms with Crippen molar-refractivity contribution in [3.05, 3.63) is 65.2 Å². The van der Waals surface area contributed by atoms with E-state index in [9.17, 15) is 36.2 Å². The highest BCUT2D eigenvalue weighted by atomic mass is 32.2. The first kappa shape index (κ1) is 29.6. The average Bonchev–Trinajstić information content (AvgIpc) is 3.55. The maximum absolute atomic E-state index is 12.2. The van der Waals surface area contributed by atoms with Gasteiger partial charge in [-0.05, 0) is 64.4 Å². The summed E-state index contributed by atoms with van der Waals surface area (Å²) in [5.74, 6) is 0.268. The average molecular weight is 635 g/mol. The third-order valence-electron chi connectivity index (χ3n) is 6.16. The van der Waals surface area contributed by atoms with E-state index in [4.69, 9.17) is 4.74 Å². The smallest absolute Gasteiger partial charge is 0.365 e. The lowest BCUT2D eigenvalue weighted by atomic mass is 10.1. The number of nitrogens with zero attached hydrogens (tertiary/aromatic N) is 5. The lowest BCUT2D eigenvalue weighted by Crippen LogP contribution is -2.43. The minimum Gasteiger partial charge on any atom is -0.493 e. The Hall–Kier alpha value is -3.84. The molecule has 0 bridgehead atoms. The van der Waals surface area contributed by atoms with E-state index in [1.807, 2.05) is 0 Å². The summed E-state index contributed by atoms with van der Waals surface area (Å²) in [5, 5.41) is 28.9. The van der Waals surface area contributed by atoms with Gasteiger partial charge in [0.05, 0.1) is 35.0 Å². The normalized spacial score (nSPS) is 12.2. The van der Waals surface area contributed by atoms with E-state index in [0.717, 1.165) is 33.1 Å². The van der Waals surface area contributed by atoms with E-state index in [2.05, 4.69) is 15.2 Å². The Morgan fingerprint density at radius 2 is 1.69 bits per heavy atom. The molecule has 2 aromatic heterocycles. The molecule has 0 aliphatic carbocycles. The first-order valence-electron chi connectivity index (χ1n) is 12.2.